The lowest BCUT2D eigenvalue weighted by Gasteiger charge is -2.10. The lowest BCUT2D eigenvalue weighted by Crippen LogP contribution is -2.18. The summed E-state index contributed by atoms with van der Waals surface area (Å²) in [6.45, 7) is 0. The maximum atomic E-state index is 12.5. The largest absolute Gasteiger partial charge is 0.508 e. The molecular formula is C25H18N2O5. The van der Waals surface area contributed by atoms with Gasteiger partial charge in [-0.1, -0.05) is 48.5 Å². The van der Waals surface area contributed by atoms with E-state index in [-0.39, 0.29) is 22.8 Å². The summed E-state index contributed by atoms with van der Waals surface area (Å²) in [5.41, 5.74) is 3.19. The molecule has 7 heteroatoms. The number of hydrogen-bond acceptors (Lipinski definition) is 6. The van der Waals surface area contributed by atoms with Crippen molar-refractivity contribution >= 4 is 28.9 Å². The van der Waals surface area contributed by atoms with Crippen LogP contribution in [0.1, 0.15) is 26.3 Å². The third kappa shape index (κ3) is 4.41. The molecule has 0 aliphatic heterocycles. The summed E-state index contributed by atoms with van der Waals surface area (Å²) in [4.78, 5) is 24.9. The minimum Gasteiger partial charge on any atom is -0.508 e. The average Bonchev–Trinajstić information content (AvgIpc) is 2.80. The van der Waals surface area contributed by atoms with Gasteiger partial charge in [-0.25, -0.2) is 10.2 Å². The van der Waals surface area contributed by atoms with E-state index in [1.807, 2.05) is 30.3 Å². The van der Waals surface area contributed by atoms with Gasteiger partial charge < -0.3 is 14.9 Å². The van der Waals surface area contributed by atoms with Crippen LogP contribution in [0.2, 0.25) is 0 Å². The first-order valence-corrected chi connectivity index (χ1v) is 9.67. The summed E-state index contributed by atoms with van der Waals surface area (Å²) >= 11 is 0. The number of nitrogens with zero attached hydrogens (tertiary/aromatic N) is 1. The van der Waals surface area contributed by atoms with Crippen LogP contribution in [-0.4, -0.2) is 28.3 Å². The summed E-state index contributed by atoms with van der Waals surface area (Å²) in [7, 11) is 0. The molecule has 0 saturated heterocycles. The van der Waals surface area contributed by atoms with E-state index >= 15 is 0 Å². The smallest absolute Gasteiger partial charge is 0.343 e. The predicted octanol–water partition coefficient (Wildman–Crippen LogP) is 4.23. The Hall–Kier alpha value is -4.65. The van der Waals surface area contributed by atoms with E-state index in [9.17, 15) is 19.8 Å². The highest BCUT2D eigenvalue weighted by molar-refractivity contribution is 6.04. The number of rotatable bonds is 5. The van der Waals surface area contributed by atoms with Gasteiger partial charge in [-0.3, -0.25) is 4.79 Å². The molecule has 4 aromatic carbocycles. The summed E-state index contributed by atoms with van der Waals surface area (Å²) < 4.78 is 5.60. The van der Waals surface area contributed by atoms with E-state index in [1.54, 1.807) is 36.4 Å². The number of carbonyl (C=O) groups excluding carboxylic acids is 2. The van der Waals surface area contributed by atoms with Crippen molar-refractivity contribution in [1.29, 1.82) is 0 Å². The highest BCUT2D eigenvalue weighted by atomic mass is 16.5. The Morgan fingerprint density at radius 3 is 2.41 bits per heavy atom. The second-order valence-corrected chi connectivity index (χ2v) is 6.85. The number of amides is 1. The average molecular weight is 426 g/mol. The van der Waals surface area contributed by atoms with Crippen molar-refractivity contribution in [3.05, 3.63) is 102 Å². The maximum Gasteiger partial charge on any atom is 0.343 e. The number of phenolic OH excluding ortho intramolecular Hbond substituents is 2. The van der Waals surface area contributed by atoms with Gasteiger partial charge in [0, 0.05) is 11.6 Å². The third-order valence-corrected chi connectivity index (χ3v) is 4.73. The Bertz CT molecular complexity index is 1330. The molecular weight excluding hydrogens is 408 g/mol. The van der Waals surface area contributed by atoms with E-state index in [0.717, 1.165) is 16.8 Å². The molecule has 0 bridgehead atoms. The zero-order valence-corrected chi connectivity index (χ0v) is 16.7. The van der Waals surface area contributed by atoms with E-state index < -0.39 is 11.9 Å². The molecule has 0 saturated carbocycles. The van der Waals surface area contributed by atoms with Gasteiger partial charge in [0.15, 0.2) is 0 Å². The van der Waals surface area contributed by atoms with Crippen molar-refractivity contribution in [3.63, 3.8) is 0 Å². The quantitative estimate of drug-likeness (QED) is 0.192. The van der Waals surface area contributed by atoms with Crippen LogP contribution in [0.25, 0.3) is 10.8 Å². The van der Waals surface area contributed by atoms with Crippen molar-refractivity contribution in [2.24, 2.45) is 5.10 Å². The molecule has 0 fully saturated rings. The molecule has 158 valence electrons. The Kier molecular flexibility index (Phi) is 5.81. The normalized spacial score (nSPS) is 10.9. The van der Waals surface area contributed by atoms with Crippen LogP contribution < -0.4 is 10.2 Å². The van der Waals surface area contributed by atoms with Gasteiger partial charge in [0.1, 0.15) is 17.2 Å². The minimum absolute atomic E-state index is 0.0476. The van der Waals surface area contributed by atoms with Gasteiger partial charge in [0.2, 0.25) is 0 Å². The highest BCUT2D eigenvalue weighted by Gasteiger charge is 2.14. The Labute approximate surface area is 183 Å². The van der Waals surface area contributed by atoms with Crippen LogP contribution in [0, 0.1) is 0 Å². The molecule has 0 unspecified atom stereocenters. The number of hydrogen-bond donors (Lipinski definition) is 3. The van der Waals surface area contributed by atoms with Gasteiger partial charge in [-0.05, 0) is 41.1 Å². The van der Waals surface area contributed by atoms with Crippen molar-refractivity contribution in [2.45, 2.75) is 0 Å². The minimum atomic E-state index is -0.665. The second-order valence-electron chi connectivity index (χ2n) is 6.85. The molecule has 4 rings (SSSR count). The van der Waals surface area contributed by atoms with Crippen LogP contribution in [-0.2, 0) is 0 Å². The Morgan fingerprint density at radius 1 is 0.875 bits per heavy atom. The number of hydrazone groups is 1. The molecule has 0 aliphatic rings. The van der Waals surface area contributed by atoms with E-state index in [1.165, 1.54) is 18.3 Å². The fraction of sp³-hybridized carbons (Fsp3) is 0. The number of fused-ring (bicyclic) bond motifs is 1. The zero-order chi connectivity index (χ0) is 22.5. The Balaban J connectivity index is 1.63. The van der Waals surface area contributed by atoms with Crippen molar-refractivity contribution in [3.8, 4) is 17.2 Å². The SMILES string of the molecule is O=C(Oc1ccc2ccccc2c1/C=N/NC(=O)c1ccc(O)cc1O)c1ccccc1. The maximum absolute atomic E-state index is 12.5. The molecule has 7 nitrogen and oxygen atoms in total. The van der Waals surface area contributed by atoms with Crippen molar-refractivity contribution in [2.75, 3.05) is 0 Å². The number of aromatic hydroxyl groups is 2. The van der Waals surface area contributed by atoms with Crippen LogP contribution in [0.5, 0.6) is 17.2 Å². The molecule has 0 aromatic heterocycles. The summed E-state index contributed by atoms with van der Waals surface area (Å²) in [5.74, 6) is -1.44. The zero-order valence-electron chi connectivity index (χ0n) is 16.7. The lowest BCUT2D eigenvalue weighted by molar-refractivity contribution is 0.0734. The standard InChI is InChI=1S/C25H18N2O5/c28-18-11-12-20(22(29)14-18)24(30)27-26-15-21-19-9-5-4-6-16(19)10-13-23(21)32-25(31)17-7-2-1-3-8-17/h1-15,28-29H,(H,27,30)/b26-15+. The van der Waals surface area contributed by atoms with Crippen LogP contribution in [0.15, 0.2) is 90.0 Å². The molecule has 0 spiro atoms. The monoisotopic (exact) mass is 426 g/mol. The molecule has 0 aliphatic carbocycles. The van der Waals surface area contributed by atoms with Gasteiger partial charge in [0.25, 0.3) is 5.91 Å². The van der Waals surface area contributed by atoms with E-state index in [0.29, 0.717) is 11.1 Å². The van der Waals surface area contributed by atoms with Crippen LogP contribution in [0.4, 0.5) is 0 Å². The molecule has 4 aromatic rings. The number of phenols is 2. The second kappa shape index (κ2) is 9.01. The predicted molar refractivity (Wildman–Crippen MR) is 120 cm³/mol. The van der Waals surface area contributed by atoms with E-state index in [4.69, 9.17) is 4.74 Å². The van der Waals surface area contributed by atoms with Gasteiger partial charge in [-0.15, -0.1) is 0 Å². The summed E-state index contributed by atoms with van der Waals surface area (Å²) in [5, 5.41) is 24.9. The molecule has 0 atom stereocenters. The lowest BCUT2D eigenvalue weighted by atomic mass is 10.0. The molecule has 1 amide bonds. The van der Waals surface area contributed by atoms with Gasteiger partial charge in [-0.2, -0.15) is 5.10 Å². The summed E-state index contributed by atoms with van der Waals surface area (Å²) in [6, 6.07) is 23.2. The molecule has 0 heterocycles. The number of ether oxygens (including phenoxy) is 1. The molecule has 0 radical (unpaired) electrons. The van der Waals surface area contributed by atoms with Crippen molar-refractivity contribution < 1.29 is 24.5 Å². The van der Waals surface area contributed by atoms with Crippen molar-refractivity contribution in [1.82, 2.24) is 5.43 Å². The number of benzene rings is 4. The van der Waals surface area contributed by atoms with E-state index in [2.05, 4.69) is 10.5 Å². The van der Waals surface area contributed by atoms with Gasteiger partial charge in [0.05, 0.1) is 17.3 Å². The first kappa shape index (κ1) is 20.6. The first-order chi connectivity index (χ1) is 15.5. The van der Waals surface area contributed by atoms with Crippen LogP contribution >= 0.6 is 0 Å². The highest BCUT2D eigenvalue weighted by Crippen LogP contribution is 2.27. The van der Waals surface area contributed by atoms with Gasteiger partial charge >= 0.3 is 5.97 Å². The number of nitrogens with one attached hydrogen (secondary N) is 1. The summed E-state index contributed by atoms with van der Waals surface area (Å²) in [6.07, 6.45) is 1.38. The topological polar surface area (TPSA) is 108 Å². The third-order valence-electron chi connectivity index (χ3n) is 4.73. The fourth-order valence-corrected chi connectivity index (χ4v) is 3.16. The number of carbonyl (C=O) groups is 2. The molecule has 32 heavy (non-hydrogen) atoms. The van der Waals surface area contributed by atoms with Crippen LogP contribution in [0.3, 0.4) is 0 Å². The number of esters is 1. The fourth-order valence-electron chi connectivity index (χ4n) is 3.16. The molecule has 3 N–H and O–H groups in total. The first-order valence-electron chi connectivity index (χ1n) is 9.67. The Morgan fingerprint density at radius 2 is 1.62 bits per heavy atom.